The Morgan fingerprint density at radius 2 is 2.18 bits per heavy atom. The van der Waals surface area contributed by atoms with Crippen LogP contribution in [0.4, 0.5) is 5.13 Å². The third-order valence-corrected chi connectivity index (χ3v) is 5.18. The minimum atomic E-state index is -0.162. The van der Waals surface area contributed by atoms with Gasteiger partial charge in [0.1, 0.15) is 5.76 Å². The predicted octanol–water partition coefficient (Wildman–Crippen LogP) is 4.37. The summed E-state index contributed by atoms with van der Waals surface area (Å²) in [4.78, 5) is 18.9. The van der Waals surface area contributed by atoms with Gasteiger partial charge in [0.05, 0.1) is 31.1 Å². The van der Waals surface area contributed by atoms with E-state index in [1.54, 1.807) is 6.26 Å². The summed E-state index contributed by atoms with van der Waals surface area (Å²) in [6.45, 7) is 5.29. The van der Waals surface area contributed by atoms with E-state index in [2.05, 4.69) is 42.4 Å². The number of thiazole rings is 1. The number of hydrogen-bond donors (Lipinski definition) is 1. The van der Waals surface area contributed by atoms with Gasteiger partial charge in [-0.25, -0.2) is 4.98 Å². The molecule has 0 aliphatic rings. The van der Waals surface area contributed by atoms with E-state index in [0.717, 1.165) is 17.0 Å². The molecule has 2 aromatic heterocycles. The van der Waals surface area contributed by atoms with E-state index in [0.29, 0.717) is 24.6 Å². The average Bonchev–Trinajstić information content (AvgIpc) is 3.34. The molecule has 2 heterocycles. The van der Waals surface area contributed by atoms with Gasteiger partial charge in [0.2, 0.25) is 5.91 Å². The molecule has 7 heteroatoms. The van der Waals surface area contributed by atoms with E-state index in [9.17, 15) is 4.79 Å². The van der Waals surface area contributed by atoms with Crippen LogP contribution in [0.25, 0.3) is 11.3 Å². The topological polar surface area (TPSA) is 82.2 Å². The summed E-state index contributed by atoms with van der Waals surface area (Å²) in [6.07, 6.45) is 1.95. The molecule has 0 saturated carbocycles. The second-order valence-electron chi connectivity index (χ2n) is 6.58. The molecule has 0 radical (unpaired) electrons. The minimum Gasteiger partial charge on any atom is -0.468 e. The lowest BCUT2D eigenvalue weighted by Gasteiger charge is -2.18. The predicted molar refractivity (Wildman–Crippen MR) is 110 cm³/mol. The Balaban J connectivity index is 1.62. The number of nitriles is 1. The Kier molecular flexibility index (Phi) is 6.58. The summed E-state index contributed by atoms with van der Waals surface area (Å²) in [5.41, 5.74) is 4.33. The van der Waals surface area contributed by atoms with Gasteiger partial charge in [-0.15, -0.1) is 11.3 Å². The molecule has 0 unspecified atom stereocenters. The van der Waals surface area contributed by atoms with Crippen molar-refractivity contribution < 1.29 is 9.21 Å². The van der Waals surface area contributed by atoms with Crippen LogP contribution in [0.3, 0.4) is 0 Å². The van der Waals surface area contributed by atoms with Gasteiger partial charge in [-0.2, -0.15) is 5.26 Å². The van der Waals surface area contributed by atoms with Gasteiger partial charge in [-0.05, 0) is 43.2 Å². The normalized spacial score (nSPS) is 10.8. The number of aryl methyl sites for hydroxylation is 2. The number of carbonyl (C=O) groups is 1. The Labute approximate surface area is 168 Å². The van der Waals surface area contributed by atoms with E-state index in [1.807, 2.05) is 28.5 Å². The van der Waals surface area contributed by atoms with Crippen LogP contribution >= 0.6 is 11.3 Å². The monoisotopic (exact) mass is 394 g/mol. The van der Waals surface area contributed by atoms with Crippen LogP contribution in [0.2, 0.25) is 0 Å². The van der Waals surface area contributed by atoms with E-state index in [1.165, 1.54) is 22.5 Å². The van der Waals surface area contributed by atoms with Crippen LogP contribution in [0.15, 0.2) is 46.4 Å². The lowest BCUT2D eigenvalue weighted by molar-refractivity contribution is -0.117. The summed E-state index contributed by atoms with van der Waals surface area (Å²) < 4.78 is 5.35. The van der Waals surface area contributed by atoms with Crippen molar-refractivity contribution in [3.63, 3.8) is 0 Å². The van der Waals surface area contributed by atoms with Crippen LogP contribution in [-0.4, -0.2) is 28.9 Å². The number of aromatic nitrogens is 1. The lowest BCUT2D eigenvalue weighted by atomic mass is 10.1. The molecule has 1 N–H and O–H groups in total. The number of anilines is 1. The van der Waals surface area contributed by atoms with Crippen molar-refractivity contribution >= 4 is 22.4 Å². The number of nitrogens with zero attached hydrogens (tertiary/aromatic N) is 3. The molecular formula is C21H22N4O2S. The SMILES string of the molecule is Cc1ccc(-c2csc(NC(=O)CN(CCC#N)Cc3ccco3)n2)cc1C. The maximum Gasteiger partial charge on any atom is 0.240 e. The maximum atomic E-state index is 12.5. The number of carbonyl (C=O) groups excluding carboxylic acids is 1. The number of benzene rings is 1. The first-order valence-corrected chi connectivity index (χ1v) is 9.88. The van der Waals surface area contributed by atoms with Crippen molar-refractivity contribution in [2.75, 3.05) is 18.4 Å². The van der Waals surface area contributed by atoms with Crippen LogP contribution < -0.4 is 5.32 Å². The Bertz CT molecular complexity index is 973. The summed E-state index contributed by atoms with van der Waals surface area (Å²) in [5.74, 6) is 0.600. The van der Waals surface area contributed by atoms with Crippen molar-refractivity contribution in [2.45, 2.75) is 26.8 Å². The van der Waals surface area contributed by atoms with Crippen LogP contribution in [0.5, 0.6) is 0 Å². The number of hydrogen-bond acceptors (Lipinski definition) is 6. The minimum absolute atomic E-state index is 0.162. The fourth-order valence-electron chi connectivity index (χ4n) is 2.77. The lowest BCUT2D eigenvalue weighted by Crippen LogP contribution is -2.33. The maximum absolute atomic E-state index is 12.5. The molecule has 1 amide bonds. The van der Waals surface area contributed by atoms with Crippen LogP contribution in [0.1, 0.15) is 23.3 Å². The zero-order valence-corrected chi connectivity index (χ0v) is 16.8. The van der Waals surface area contributed by atoms with Crippen molar-refractivity contribution in [1.29, 1.82) is 5.26 Å². The van der Waals surface area contributed by atoms with E-state index in [-0.39, 0.29) is 12.5 Å². The first-order valence-electron chi connectivity index (χ1n) is 9.00. The fourth-order valence-corrected chi connectivity index (χ4v) is 3.51. The van der Waals surface area contributed by atoms with Gasteiger partial charge in [0.25, 0.3) is 0 Å². The molecule has 6 nitrogen and oxygen atoms in total. The molecule has 3 aromatic rings. The molecular weight excluding hydrogens is 372 g/mol. The van der Waals surface area contributed by atoms with E-state index < -0.39 is 0 Å². The van der Waals surface area contributed by atoms with Gasteiger partial charge in [0, 0.05) is 23.9 Å². The molecule has 0 atom stereocenters. The Morgan fingerprint density at radius 1 is 1.32 bits per heavy atom. The summed E-state index contributed by atoms with van der Waals surface area (Å²) in [7, 11) is 0. The third kappa shape index (κ3) is 5.28. The van der Waals surface area contributed by atoms with Gasteiger partial charge in [-0.1, -0.05) is 12.1 Å². The Hall–Kier alpha value is -2.95. The van der Waals surface area contributed by atoms with Gasteiger partial charge >= 0.3 is 0 Å². The second kappa shape index (κ2) is 9.31. The quantitative estimate of drug-likeness (QED) is 0.613. The highest BCUT2D eigenvalue weighted by Crippen LogP contribution is 2.26. The zero-order chi connectivity index (χ0) is 19.9. The largest absolute Gasteiger partial charge is 0.468 e. The zero-order valence-electron chi connectivity index (χ0n) is 15.9. The molecule has 0 saturated heterocycles. The third-order valence-electron chi connectivity index (χ3n) is 4.42. The van der Waals surface area contributed by atoms with Crippen molar-refractivity contribution in [1.82, 2.24) is 9.88 Å². The average molecular weight is 395 g/mol. The number of rotatable bonds is 8. The van der Waals surface area contributed by atoms with Crippen molar-refractivity contribution in [3.8, 4) is 17.3 Å². The molecule has 3 rings (SSSR count). The van der Waals surface area contributed by atoms with E-state index >= 15 is 0 Å². The number of furan rings is 1. The highest BCUT2D eigenvalue weighted by atomic mass is 32.1. The number of amides is 1. The van der Waals surface area contributed by atoms with Crippen molar-refractivity contribution in [3.05, 3.63) is 58.9 Å². The van der Waals surface area contributed by atoms with Gasteiger partial charge in [0.15, 0.2) is 5.13 Å². The highest BCUT2D eigenvalue weighted by molar-refractivity contribution is 7.14. The van der Waals surface area contributed by atoms with Crippen LogP contribution in [0, 0.1) is 25.2 Å². The first kappa shape index (κ1) is 19.8. The second-order valence-corrected chi connectivity index (χ2v) is 7.44. The molecule has 28 heavy (non-hydrogen) atoms. The molecule has 0 aliphatic heterocycles. The standard InChI is InChI=1S/C21H22N4O2S/c1-15-6-7-17(11-16(15)2)19-14-28-21(23-19)24-20(26)13-25(9-4-8-22)12-18-5-3-10-27-18/h3,5-7,10-11,14H,4,9,12-13H2,1-2H3,(H,23,24,26). The molecule has 1 aromatic carbocycles. The molecule has 0 bridgehead atoms. The van der Waals surface area contributed by atoms with Gasteiger partial charge in [-0.3, -0.25) is 9.69 Å². The van der Waals surface area contributed by atoms with Crippen molar-refractivity contribution in [2.24, 2.45) is 0 Å². The Morgan fingerprint density at radius 3 is 2.89 bits per heavy atom. The summed E-state index contributed by atoms with van der Waals surface area (Å²) >= 11 is 1.40. The molecule has 0 aliphatic carbocycles. The smallest absolute Gasteiger partial charge is 0.240 e. The fraction of sp³-hybridized carbons (Fsp3) is 0.286. The first-order chi connectivity index (χ1) is 13.5. The summed E-state index contributed by atoms with van der Waals surface area (Å²) in [6, 6.07) is 12.0. The van der Waals surface area contributed by atoms with E-state index in [4.69, 9.17) is 9.68 Å². The molecule has 0 spiro atoms. The van der Waals surface area contributed by atoms with Crippen LogP contribution in [-0.2, 0) is 11.3 Å². The summed E-state index contributed by atoms with van der Waals surface area (Å²) in [5, 5.41) is 14.2. The molecule has 144 valence electrons. The molecule has 0 fully saturated rings. The van der Waals surface area contributed by atoms with Gasteiger partial charge < -0.3 is 9.73 Å². The highest BCUT2D eigenvalue weighted by Gasteiger charge is 2.14. The number of nitrogens with one attached hydrogen (secondary N) is 1.